The van der Waals surface area contributed by atoms with E-state index in [0.717, 1.165) is 37.7 Å². The fourth-order valence-corrected chi connectivity index (χ4v) is 5.52. The Kier molecular flexibility index (Phi) is 7.56. The van der Waals surface area contributed by atoms with E-state index in [9.17, 15) is 0 Å². The van der Waals surface area contributed by atoms with E-state index in [2.05, 4.69) is 36.9 Å². The van der Waals surface area contributed by atoms with Gasteiger partial charge in [0, 0.05) is 67.2 Å². The Balaban J connectivity index is 1.06. The van der Waals surface area contributed by atoms with Crippen LogP contribution in [0.2, 0.25) is 10.0 Å². The number of aromatic nitrogens is 4. The Hall–Kier alpha value is -3.37. The van der Waals surface area contributed by atoms with Crippen LogP contribution in [0.1, 0.15) is 5.56 Å². The molecule has 39 heavy (non-hydrogen) atoms. The highest BCUT2D eigenvalue weighted by atomic mass is 35.5. The molecule has 4 aromatic rings. The number of hydrogen-bond donors (Lipinski definition) is 0. The molecule has 2 saturated heterocycles. The maximum atomic E-state index is 6.56. The molecule has 0 N–H and O–H groups in total. The second-order valence-corrected chi connectivity index (χ2v) is 10.3. The first kappa shape index (κ1) is 25.9. The highest BCUT2D eigenvalue weighted by Crippen LogP contribution is 2.40. The molecule has 0 bridgehead atoms. The zero-order valence-electron chi connectivity index (χ0n) is 21.2. The average molecular weight is 567 g/mol. The molecule has 202 valence electrons. The second kappa shape index (κ2) is 11.4. The van der Waals surface area contributed by atoms with Crippen molar-refractivity contribution in [2.75, 3.05) is 49.2 Å². The predicted molar refractivity (Wildman–Crippen MR) is 150 cm³/mol. The van der Waals surface area contributed by atoms with Crippen molar-refractivity contribution in [3.8, 4) is 5.75 Å². The third-order valence-electron chi connectivity index (χ3n) is 6.94. The summed E-state index contributed by atoms with van der Waals surface area (Å²) in [6, 6.07) is 13.5. The molecule has 6 rings (SSSR count). The number of rotatable bonds is 8. The van der Waals surface area contributed by atoms with Gasteiger partial charge in [0.2, 0.25) is 5.79 Å². The number of piperazine rings is 1. The van der Waals surface area contributed by atoms with E-state index in [4.69, 9.17) is 37.4 Å². The van der Waals surface area contributed by atoms with Crippen LogP contribution in [0, 0.1) is 0 Å². The van der Waals surface area contributed by atoms with Crippen molar-refractivity contribution in [2.45, 2.75) is 18.4 Å². The summed E-state index contributed by atoms with van der Waals surface area (Å²) in [4.78, 5) is 17.4. The van der Waals surface area contributed by atoms with Crippen LogP contribution >= 0.6 is 23.2 Å². The highest BCUT2D eigenvalue weighted by molar-refractivity contribution is 6.35. The van der Waals surface area contributed by atoms with Crippen LogP contribution in [0.25, 0.3) is 0 Å². The molecule has 0 saturated carbocycles. The molecule has 9 nitrogen and oxygen atoms in total. The van der Waals surface area contributed by atoms with Gasteiger partial charge in [-0.25, -0.2) is 9.97 Å². The Labute approximate surface area is 236 Å². The van der Waals surface area contributed by atoms with Crippen LogP contribution in [0.3, 0.4) is 0 Å². The molecule has 0 aliphatic carbocycles. The summed E-state index contributed by atoms with van der Waals surface area (Å²) in [6.07, 6.45) is 10.3. The van der Waals surface area contributed by atoms with E-state index in [-0.39, 0.29) is 6.10 Å². The molecule has 0 radical (unpaired) electrons. The van der Waals surface area contributed by atoms with Crippen LogP contribution in [0.15, 0.2) is 79.8 Å². The van der Waals surface area contributed by atoms with Gasteiger partial charge in [0.15, 0.2) is 0 Å². The Morgan fingerprint density at radius 3 is 2.49 bits per heavy atom. The number of hydrogen-bond acceptors (Lipinski definition) is 8. The Morgan fingerprint density at radius 2 is 1.77 bits per heavy atom. The number of nitrogens with zero attached hydrogens (tertiary/aromatic N) is 6. The minimum Gasteiger partial charge on any atom is -0.491 e. The van der Waals surface area contributed by atoms with Crippen molar-refractivity contribution in [3.05, 3.63) is 95.4 Å². The van der Waals surface area contributed by atoms with Crippen molar-refractivity contribution in [1.29, 1.82) is 0 Å². The van der Waals surface area contributed by atoms with Crippen molar-refractivity contribution in [1.82, 2.24) is 19.5 Å². The standard InChI is InChI=1S/C28H28Cl2N6O3/c29-21-1-6-25(26(30)15-21)28(19-34-10-9-32-20-34)38-18-24(39-28)17-37-23-4-2-22(3-5-23)35-11-13-36(14-12-35)27-16-31-7-8-33-27/h1-10,15-16,20,24H,11-14,17-19H2/t24-,28-/m1/s1. The maximum Gasteiger partial charge on any atom is 0.215 e. The molecular weight excluding hydrogens is 539 g/mol. The van der Waals surface area contributed by atoms with Gasteiger partial charge >= 0.3 is 0 Å². The fourth-order valence-electron chi connectivity index (χ4n) is 4.97. The molecule has 2 aliphatic heterocycles. The van der Waals surface area contributed by atoms with E-state index in [1.807, 2.05) is 35.2 Å². The van der Waals surface area contributed by atoms with E-state index in [1.54, 1.807) is 37.1 Å². The Morgan fingerprint density at radius 1 is 0.949 bits per heavy atom. The van der Waals surface area contributed by atoms with Gasteiger partial charge in [0.1, 0.15) is 24.3 Å². The Bertz CT molecular complexity index is 1370. The van der Waals surface area contributed by atoms with Gasteiger partial charge < -0.3 is 28.6 Å². The van der Waals surface area contributed by atoms with Crippen molar-refractivity contribution in [3.63, 3.8) is 0 Å². The largest absolute Gasteiger partial charge is 0.491 e. The van der Waals surface area contributed by atoms with Gasteiger partial charge in [0.05, 0.1) is 30.7 Å². The smallest absolute Gasteiger partial charge is 0.215 e. The van der Waals surface area contributed by atoms with Gasteiger partial charge in [-0.15, -0.1) is 0 Å². The van der Waals surface area contributed by atoms with Crippen LogP contribution in [-0.2, 0) is 21.8 Å². The lowest BCUT2D eigenvalue weighted by atomic mass is 10.1. The zero-order chi connectivity index (χ0) is 26.7. The lowest BCUT2D eigenvalue weighted by molar-refractivity contribution is -0.189. The maximum absolute atomic E-state index is 6.56. The average Bonchev–Trinajstić information content (AvgIpc) is 3.63. The third-order valence-corrected chi connectivity index (χ3v) is 7.49. The third kappa shape index (κ3) is 5.81. The van der Waals surface area contributed by atoms with Gasteiger partial charge in [-0.2, -0.15) is 0 Å². The molecule has 2 aliphatic rings. The van der Waals surface area contributed by atoms with Crippen molar-refractivity contribution in [2.24, 2.45) is 0 Å². The lowest BCUT2D eigenvalue weighted by Crippen LogP contribution is -2.46. The van der Waals surface area contributed by atoms with Gasteiger partial charge in [-0.1, -0.05) is 29.3 Å². The molecular formula is C28H28Cl2N6O3. The first-order valence-electron chi connectivity index (χ1n) is 12.8. The van der Waals surface area contributed by atoms with E-state index >= 15 is 0 Å². The molecule has 0 amide bonds. The summed E-state index contributed by atoms with van der Waals surface area (Å²) in [6.45, 7) is 4.72. The molecule has 2 aromatic heterocycles. The lowest BCUT2D eigenvalue weighted by Gasteiger charge is -2.36. The first-order valence-corrected chi connectivity index (χ1v) is 13.6. The number of benzene rings is 2. The number of halogens is 2. The molecule has 4 heterocycles. The summed E-state index contributed by atoms with van der Waals surface area (Å²) < 4.78 is 20.7. The highest BCUT2D eigenvalue weighted by Gasteiger charge is 2.45. The summed E-state index contributed by atoms with van der Waals surface area (Å²) >= 11 is 12.7. The van der Waals surface area contributed by atoms with Crippen molar-refractivity contribution < 1.29 is 14.2 Å². The van der Waals surface area contributed by atoms with Gasteiger partial charge in [0.25, 0.3) is 0 Å². The molecule has 2 aromatic carbocycles. The molecule has 2 atom stereocenters. The second-order valence-electron chi connectivity index (χ2n) is 9.51. The number of imidazole rings is 1. The predicted octanol–water partition coefficient (Wildman–Crippen LogP) is 4.65. The molecule has 11 heteroatoms. The summed E-state index contributed by atoms with van der Waals surface area (Å²) in [5.41, 5.74) is 1.88. The monoisotopic (exact) mass is 566 g/mol. The summed E-state index contributed by atoms with van der Waals surface area (Å²) in [5.74, 6) is 0.622. The minimum absolute atomic E-state index is 0.283. The quantitative estimate of drug-likeness (QED) is 0.305. The molecule has 2 fully saturated rings. The molecule has 0 unspecified atom stereocenters. The number of anilines is 2. The van der Waals surface area contributed by atoms with E-state index in [1.165, 1.54) is 5.69 Å². The van der Waals surface area contributed by atoms with Gasteiger partial charge in [-0.3, -0.25) is 4.98 Å². The van der Waals surface area contributed by atoms with Crippen LogP contribution in [0.5, 0.6) is 5.75 Å². The topological polar surface area (TPSA) is 77.8 Å². The van der Waals surface area contributed by atoms with E-state index < -0.39 is 5.79 Å². The van der Waals surface area contributed by atoms with E-state index in [0.29, 0.717) is 35.4 Å². The number of ether oxygens (including phenoxy) is 3. The summed E-state index contributed by atoms with van der Waals surface area (Å²) in [5, 5.41) is 1.03. The first-order chi connectivity index (χ1) is 19.1. The summed E-state index contributed by atoms with van der Waals surface area (Å²) in [7, 11) is 0. The SMILES string of the molecule is Clc1ccc([C@]2(Cn3ccnc3)OC[C@@H](COc3ccc(N4CCN(c5cnccn5)CC4)cc3)O2)c(Cl)c1. The molecule has 0 spiro atoms. The van der Waals surface area contributed by atoms with Crippen LogP contribution < -0.4 is 14.5 Å². The van der Waals surface area contributed by atoms with Crippen molar-refractivity contribution >= 4 is 34.7 Å². The normalized spacial score (nSPS) is 21.3. The fraction of sp³-hybridized carbons (Fsp3) is 0.321. The zero-order valence-corrected chi connectivity index (χ0v) is 22.7. The van der Waals surface area contributed by atoms with Crippen LogP contribution in [0.4, 0.5) is 11.5 Å². The minimum atomic E-state index is -1.08. The van der Waals surface area contributed by atoms with Gasteiger partial charge in [-0.05, 0) is 36.4 Å². The van der Waals surface area contributed by atoms with Crippen LogP contribution in [-0.4, -0.2) is 65.0 Å².